The highest BCUT2D eigenvalue weighted by atomic mass is 35.5. The Balaban J connectivity index is 2.23. The van der Waals surface area contributed by atoms with Crippen LogP contribution in [0.15, 0.2) is 24.3 Å². The van der Waals surface area contributed by atoms with E-state index in [1.54, 1.807) is 14.2 Å². The SMILES string of the molecule is COCc1nc(Cl)c(Cc2ccc(OC)cc2)c(Cl)n1. The molecule has 0 atom stereocenters. The Morgan fingerprint density at radius 3 is 2.10 bits per heavy atom. The molecule has 6 heteroatoms. The van der Waals surface area contributed by atoms with Gasteiger partial charge >= 0.3 is 0 Å². The second-order valence-corrected chi connectivity index (χ2v) is 4.87. The minimum absolute atomic E-state index is 0.280. The van der Waals surface area contributed by atoms with Crippen molar-refractivity contribution in [3.63, 3.8) is 0 Å². The van der Waals surface area contributed by atoms with Crippen molar-refractivity contribution in [3.8, 4) is 5.75 Å². The van der Waals surface area contributed by atoms with Gasteiger partial charge in [-0.25, -0.2) is 9.97 Å². The van der Waals surface area contributed by atoms with Crippen LogP contribution in [0.1, 0.15) is 17.0 Å². The summed E-state index contributed by atoms with van der Waals surface area (Å²) in [6.45, 7) is 0.280. The average Bonchev–Trinajstić information content (AvgIpc) is 2.44. The summed E-state index contributed by atoms with van der Waals surface area (Å²) in [5, 5.41) is 0.709. The van der Waals surface area contributed by atoms with Crippen molar-refractivity contribution in [2.45, 2.75) is 13.0 Å². The van der Waals surface area contributed by atoms with Gasteiger partial charge in [0.15, 0.2) is 5.82 Å². The van der Waals surface area contributed by atoms with E-state index in [2.05, 4.69) is 9.97 Å². The molecule has 1 heterocycles. The van der Waals surface area contributed by atoms with E-state index < -0.39 is 0 Å². The van der Waals surface area contributed by atoms with E-state index in [0.29, 0.717) is 28.1 Å². The number of hydrogen-bond donors (Lipinski definition) is 0. The topological polar surface area (TPSA) is 44.2 Å². The van der Waals surface area contributed by atoms with E-state index in [9.17, 15) is 0 Å². The van der Waals surface area contributed by atoms with Crippen molar-refractivity contribution in [2.75, 3.05) is 14.2 Å². The van der Waals surface area contributed by atoms with Crippen molar-refractivity contribution in [1.82, 2.24) is 9.97 Å². The summed E-state index contributed by atoms with van der Waals surface area (Å²) in [5.74, 6) is 1.28. The molecule has 0 spiro atoms. The minimum atomic E-state index is 0.280. The van der Waals surface area contributed by atoms with Gasteiger partial charge in [0.05, 0.1) is 7.11 Å². The van der Waals surface area contributed by atoms with E-state index >= 15 is 0 Å². The predicted octanol–water partition coefficient (Wildman–Crippen LogP) is 3.53. The van der Waals surface area contributed by atoms with Gasteiger partial charge in [0, 0.05) is 19.1 Å². The van der Waals surface area contributed by atoms with Crippen molar-refractivity contribution in [3.05, 3.63) is 51.5 Å². The van der Waals surface area contributed by atoms with E-state index in [0.717, 1.165) is 11.3 Å². The molecule has 0 saturated heterocycles. The largest absolute Gasteiger partial charge is 0.497 e. The second-order valence-electron chi connectivity index (χ2n) is 4.16. The molecule has 1 aromatic heterocycles. The lowest BCUT2D eigenvalue weighted by atomic mass is 10.1. The number of nitrogens with zero attached hydrogens (tertiary/aromatic N) is 2. The number of hydrogen-bond acceptors (Lipinski definition) is 4. The summed E-state index contributed by atoms with van der Waals surface area (Å²) in [5.41, 5.74) is 1.76. The van der Waals surface area contributed by atoms with Crippen molar-refractivity contribution in [1.29, 1.82) is 0 Å². The lowest BCUT2D eigenvalue weighted by molar-refractivity contribution is 0.177. The Morgan fingerprint density at radius 2 is 1.60 bits per heavy atom. The predicted molar refractivity (Wildman–Crippen MR) is 78.6 cm³/mol. The fraction of sp³-hybridized carbons (Fsp3) is 0.286. The Hall–Kier alpha value is -1.36. The smallest absolute Gasteiger partial charge is 0.157 e. The molecule has 20 heavy (non-hydrogen) atoms. The van der Waals surface area contributed by atoms with Gasteiger partial charge in [0.1, 0.15) is 22.7 Å². The molecule has 0 N–H and O–H groups in total. The molecule has 0 unspecified atom stereocenters. The molecule has 0 amide bonds. The van der Waals surface area contributed by atoms with Crippen LogP contribution >= 0.6 is 23.2 Å². The normalized spacial score (nSPS) is 10.6. The Labute approximate surface area is 127 Å². The number of methoxy groups -OCH3 is 2. The highest BCUT2D eigenvalue weighted by molar-refractivity contribution is 6.34. The molecule has 106 valence electrons. The summed E-state index contributed by atoms with van der Waals surface area (Å²) in [6, 6.07) is 7.68. The summed E-state index contributed by atoms with van der Waals surface area (Å²) < 4.78 is 10.1. The molecular formula is C14H14Cl2N2O2. The Morgan fingerprint density at radius 1 is 1.00 bits per heavy atom. The van der Waals surface area contributed by atoms with Crippen molar-refractivity contribution < 1.29 is 9.47 Å². The first-order chi connectivity index (χ1) is 9.63. The fourth-order valence-electron chi connectivity index (χ4n) is 1.76. The third-order valence-corrected chi connectivity index (χ3v) is 3.39. The van der Waals surface area contributed by atoms with Crippen molar-refractivity contribution >= 4 is 23.2 Å². The van der Waals surface area contributed by atoms with Gasteiger partial charge in [-0.15, -0.1) is 0 Å². The van der Waals surface area contributed by atoms with E-state index in [1.165, 1.54) is 0 Å². The van der Waals surface area contributed by atoms with Crippen LogP contribution in [0, 0.1) is 0 Å². The van der Waals surface area contributed by atoms with Gasteiger partial charge in [-0.3, -0.25) is 0 Å². The van der Waals surface area contributed by atoms with Crippen LogP contribution in [0.5, 0.6) is 5.75 Å². The average molecular weight is 313 g/mol. The van der Waals surface area contributed by atoms with Crippen LogP contribution in [0.25, 0.3) is 0 Å². The zero-order valence-electron chi connectivity index (χ0n) is 11.2. The molecule has 0 radical (unpaired) electrons. The highest BCUT2D eigenvalue weighted by Gasteiger charge is 2.12. The van der Waals surface area contributed by atoms with Crippen LogP contribution in [0.2, 0.25) is 10.3 Å². The zero-order chi connectivity index (χ0) is 14.5. The molecule has 1 aromatic carbocycles. The molecule has 2 rings (SSSR count). The van der Waals surface area contributed by atoms with Gasteiger partial charge in [0.2, 0.25) is 0 Å². The third-order valence-electron chi connectivity index (χ3n) is 2.77. The summed E-state index contributed by atoms with van der Waals surface area (Å²) in [7, 11) is 3.20. The first-order valence-corrected chi connectivity index (χ1v) is 6.72. The number of halogens is 2. The molecule has 0 aliphatic rings. The standard InChI is InChI=1S/C14H14Cl2N2O2/c1-19-8-12-17-13(15)11(14(16)18-12)7-9-3-5-10(20-2)6-4-9/h3-6H,7-8H2,1-2H3. The molecule has 0 bridgehead atoms. The van der Waals surface area contributed by atoms with Gasteiger partial charge < -0.3 is 9.47 Å². The number of aromatic nitrogens is 2. The van der Waals surface area contributed by atoms with Crippen LogP contribution in [0.4, 0.5) is 0 Å². The zero-order valence-corrected chi connectivity index (χ0v) is 12.7. The van der Waals surface area contributed by atoms with Crippen LogP contribution < -0.4 is 4.74 Å². The maximum absolute atomic E-state index is 6.16. The number of benzene rings is 1. The molecule has 2 aromatic rings. The van der Waals surface area contributed by atoms with Gasteiger partial charge in [-0.1, -0.05) is 35.3 Å². The molecule has 0 aliphatic heterocycles. The first kappa shape index (κ1) is 15.0. The Kier molecular flexibility index (Phi) is 5.17. The van der Waals surface area contributed by atoms with E-state index in [-0.39, 0.29) is 6.61 Å². The van der Waals surface area contributed by atoms with Crippen LogP contribution in [-0.4, -0.2) is 24.2 Å². The molecule has 0 saturated carbocycles. The highest BCUT2D eigenvalue weighted by Crippen LogP contribution is 2.25. The van der Waals surface area contributed by atoms with Crippen LogP contribution in [0.3, 0.4) is 0 Å². The lowest BCUT2D eigenvalue weighted by Crippen LogP contribution is -2.02. The third kappa shape index (κ3) is 3.60. The summed E-state index contributed by atoms with van der Waals surface area (Å²) in [6.07, 6.45) is 0.564. The second kappa shape index (κ2) is 6.88. The number of rotatable bonds is 5. The van der Waals surface area contributed by atoms with Gasteiger partial charge in [0.25, 0.3) is 0 Å². The monoisotopic (exact) mass is 312 g/mol. The Bertz CT molecular complexity index is 565. The summed E-state index contributed by atoms with van der Waals surface area (Å²) >= 11 is 12.3. The maximum atomic E-state index is 6.16. The maximum Gasteiger partial charge on any atom is 0.157 e. The van der Waals surface area contributed by atoms with Gasteiger partial charge in [-0.05, 0) is 17.7 Å². The van der Waals surface area contributed by atoms with E-state index in [1.807, 2.05) is 24.3 Å². The first-order valence-electron chi connectivity index (χ1n) is 5.96. The molecular weight excluding hydrogens is 299 g/mol. The fourth-order valence-corrected chi connectivity index (χ4v) is 2.31. The molecule has 0 aliphatic carbocycles. The molecule has 0 fully saturated rings. The number of ether oxygens (including phenoxy) is 2. The minimum Gasteiger partial charge on any atom is -0.497 e. The lowest BCUT2D eigenvalue weighted by Gasteiger charge is -2.08. The van der Waals surface area contributed by atoms with E-state index in [4.69, 9.17) is 32.7 Å². The quantitative estimate of drug-likeness (QED) is 0.792. The molecule has 4 nitrogen and oxygen atoms in total. The summed E-state index contributed by atoms with van der Waals surface area (Å²) in [4.78, 5) is 8.35. The van der Waals surface area contributed by atoms with Gasteiger partial charge in [-0.2, -0.15) is 0 Å². The van der Waals surface area contributed by atoms with Crippen molar-refractivity contribution in [2.24, 2.45) is 0 Å². The van der Waals surface area contributed by atoms with Crippen LogP contribution in [-0.2, 0) is 17.8 Å².